The predicted molar refractivity (Wildman–Crippen MR) is 193 cm³/mol. The summed E-state index contributed by atoms with van der Waals surface area (Å²) in [6, 6.07) is 18.3. The van der Waals surface area contributed by atoms with E-state index < -0.39 is 17.9 Å². The molecule has 3 rings (SSSR count). The number of carbonyl (C=O) groups is 4. The van der Waals surface area contributed by atoms with E-state index in [1.807, 2.05) is 0 Å². The fourth-order valence-electron chi connectivity index (χ4n) is 4.81. The van der Waals surface area contributed by atoms with Crippen LogP contribution in [0.4, 0.5) is 0 Å². The number of carbonyl (C=O) groups excluding carboxylic acids is 4. The first kappa shape index (κ1) is 40.1. The minimum absolute atomic E-state index is 0.324. The highest BCUT2D eigenvalue weighted by molar-refractivity contribution is 5.92. The predicted octanol–water partition coefficient (Wildman–Crippen LogP) is 8.55. The molecule has 10 nitrogen and oxygen atoms in total. The topological polar surface area (TPSA) is 124 Å². The molecule has 0 amide bonds. The Hall–Kier alpha value is -5.38. The van der Waals surface area contributed by atoms with Crippen LogP contribution >= 0.6 is 0 Å². The maximum Gasteiger partial charge on any atom is 0.343 e. The second-order valence-corrected chi connectivity index (χ2v) is 11.7. The van der Waals surface area contributed by atoms with E-state index in [2.05, 4.69) is 13.2 Å². The summed E-state index contributed by atoms with van der Waals surface area (Å²) in [5.41, 5.74) is 1.38. The van der Waals surface area contributed by atoms with Gasteiger partial charge >= 0.3 is 23.9 Å². The molecule has 0 aliphatic rings. The molecular weight excluding hydrogens is 652 g/mol. The molecule has 0 saturated heterocycles. The second-order valence-electron chi connectivity index (χ2n) is 11.7. The Morgan fingerprint density at radius 1 is 0.510 bits per heavy atom. The van der Waals surface area contributed by atoms with Gasteiger partial charge in [-0.2, -0.15) is 0 Å². The molecule has 10 heteroatoms. The van der Waals surface area contributed by atoms with Crippen LogP contribution in [0.5, 0.6) is 23.0 Å². The van der Waals surface area contributed by atoms with E-state index in [1.54, 1.807) is 73.7 Å². The van der Waals surface area contributed by atoms with Crippen LogP contribution in [0, 0.1) is 6.92 Å². The van der Waals surface area contributed by atoms with Crippen LogP contribution in [0.25, 0.3) is 0 Å². The molecule has 3 aromatic rings. The van der Waals surface area contributed by atoms with E-state index in [9.17, 15) is 19.2 Å². The van der Waals surface area contributed by atoms with Crippen molar-refractivity contribution < 1.29 is 47.6 Å². The minimum Gasteiger partial charge on any atom is -0.494 e. The third kappa shape index (κ3) is 15.8. The minimum atomic E-state index is -0.522. The molecule has 0 heterocycles. The van der Waals surface area contributed by atoms with Crippen LogP contribution in [-0.2, 0) is 19.1 Å². The zero-order valence-electron chi connectivity index (χ0n) is 29.4. The highest BCUT2D eigenvalue weighted by atomic mass is 16.5. The van der Waals surface area contributed by atoms with Crippen LogP contribution in [0.15, 0.2) is 92.0 Å². The van der Waals surface area contributed by atoms with Gasteiger partial charge in [-0.15, -0.1) is 0 Å². The monoisotopic (exact) mass is 700 g/mol. The summed E-state index contributed by atoms with van der Waals surface area (Å²) in [5.74, 6) is 0.187. The average molecular weight is 701 g/mol. The van der Waals surface area contributed by atoms with Gasteiger partial charge in [0.15, 0.2) is 0 Å². The van der Waals surface area contributed by atoms with E-state index in [-0.39, 0.29) is 5.97 Å². The first-order chi connectivity index (χ1) is 24.8. The van der Waals surface area contributed by atoms with Crippen molar-refractivity contribution >= 4 is 23.9 Å². The van der Waals surface area contributed by atoms with Crippen molar-refractivity contribution in [2.24, 2.45) is 0 Å². The molecule has 0 fully saturated rings. The van der Waals surface area contributed by atoms with Crippen molar-refractivity contribution in [3.8, 4) is 23.0 Å². The fourth-order valence-corrected chi connectivity index (χ4v) is 4.81. The molecule has 0 aliphatic heterocycles. The Kier molecular flexibility index (Phi) is 18.1. The molecule has 0 unspecified atom stereocenters. The molecule has 0 radical (unpaired) electrons. The molecular formula is C41H48O10. The maximum atomic E-state index is 12.8. The number of benzene rings is 3. The van der Waals surface area contributed by atoms with Gasteiger partial charge in [0.2, 0.25) is 0 Å². The van der Waals surface area contributed by atoms with E-state index in [0.29, 0.717) is 66.1 Å². The summed E-state index contributed by atoms with van der Waals surface area (Å²) in [6.07, 6.45) is 11.8. The van der Waals surface area contributed by atoms with Gasteiger partial charge in [-0.05, 0) is 118 Å². The highest BCUT2D eigenvalue weighted by Gasteiger charge is 2.14. The fraction of sp³-hybridized carbons (Fsp3) is 0.366. The van der Waals surface area contributed by atoms with Gasteiger partial charge in [-0.25, -0.2) is 19.2 Å². The summed E-state index contributed by atoms with van der Waals surface area (Å²) in [6.45, 7) is 10.4. The lowest BCUT2D eigenvalue weighted by molar-refractivity contribution is -0.138. The number of ether oxygens (including phenoxy) is 6. The van der Waals surface area contributed by atoms with Crippen molar-refractivity contribution in [1.82, 2.24) is 0 Å². The number of rotatable bonds is 24. The molecule has 272 valence electrons. The van der Waals surface area contributed by atoms with Crippen LogP contribution in [-0.4, -0.2) is 50.3 Å². The van der Waals surface area contributed by atoms with Gasteiger partial charge < -0.3 is 28.4 Å². The molecule has 0 bridgehead atoms. The van der Waals surface area contributed by atoms with Crippen molar-refractivity contribution in [2.45, 2.75) is 71.1 Å². The van der Waals surface area contributed by atoms with Crippen molar-refractivity contribution in [2.75, 3.05) is 26.4 Å². The number of hydrogen-bond donors (Lipinski definition) is 0. The Balaban J connectivity index is 1.33. The Labute approximate surface area is 300 Å². The van der Waals surface area contributed by atoms with E-state index in [1.165, 1.54) is 6.08 Å². The zero-order chi connectivity index (χ0) is 36.7. The molecule has 0 N–H and O–H groups in total. The quantitative estimate of drug-likeness (QED) is 0.0389. The lowest BCUT2D eigenvalue weighted by atomic mass is 10.1. The lowest BCUT2D eigenvalue weighted by Crippen LogP contribution is -2.10. The molecule has 0 aromatic heterocycles. The van der Waals surface area contributed by atoms with Crippen LogP contribution in [0.3, 0.4) is 0 Å². The maximum absolute atomic E-state index is 12.8. The normalized spacial score (nSPS) is 10.5. The van der Waals surface area contributed by atoms with Gasteiger partial charge in [0.1, 0.15) is 23.0 Å². The van der Waals surface area contributed by atoms with Crippen molar-refractivity contribution in [3.63, 3.8) is 0 Å². The van der Waals surface area contributed by atoms with Gasteiger partial charge in [-0.3, -0.25) is 0 Å². The van der Waals surface area contributed by atoms with Crippen molar-refractivity contribution in [3.05, 3.63) is 109 Å². The first-order valence-electron chi connectivity index (χ1n) is 17.4. The summed E-state index contributed by atoms with van der Waals surface area (Å²) >= 11 is 0. The van der Waals surface area contributed by atoms with Crippen LogP contribution in [0.1, 0.15) is 90.5 Å². The Morgan fingerprint density at radius 2 is 0.902 bits per heavy atom. The van der Waals surface area contributed by atoms with Gasteiger partial charge in [0, 0.05) is 12.2 Å². The van der Waals surface area contributed by atoms with E-state index in [4.69, 9.17) is 28.4 Å². The molecule has 3 aromatic carbocycles. The molecule has 0 aliphatic carbocycles. The number of aryl methyl sites for hydroxylation is 1. The number of unbranched alkanes of at least 4 members (excludes halogenated alkanes) is 8. The summed E-state index contributed by atoms with van der Waals surface area (Å²) in [7, 11) is 0. The van der Waals surface area contributed by atoms with Gasteiger partial charge in [0.05, 0.1) is 37.6 Å². The SMILES string of the molecule is C=CC(=O)OCCCCCCCCOc1ccc(C(=O)Oc2ccc(OC(=O)c3ccc(OCCCCCCOC(=O)C=C)cc3)cc2C)cc1. The van der Waals surface area contributed by atoms with Crippen LogP contribution in [0.2, 0.25) is 0 Å². The van der Waals surface area contributed by atoms with E-state index >= 15 is 0 Å². The van der Waals surface area contributed by atoms with E-state index in [0.717, 1.165) is 70.3 Å². The van der Waals surface area contributed by atoms with Gasteiger partial charge in [-0.1, -0.05) is 38.8 Å². The molecule has 0 saturated carbocycles. The largest absolute Gasteiger partial charge is 0.494 e. The molecule has 51 heavy (non-hydrogen) atoms. The standard InChI is InChI=1S/C41H48O10/c1-4-38(42)48-28-14-9-7-6-8-12-26-46-35-22-18-33(19-23-35)41(45)51-37-25-24-36(30-31(37)3)50-40(44)32-16-20-34(21-17-32)47-27-13-10-11-15-29-49-39(43)5-2/h4-5,16-25,30H,1-2,6-15,26-29H2,3H3. The molecule has 0 spiro atoms. The Bertz CT molecular complexity index is 1560. The highest BCUT2D eigenvalue weighted by Crippen LogP contribution is 2.26. The zero-order valence-corrected chi connectivity index (χ0v) is 29.4. The van der Waals surface area contributed by atoms with Gasteiger partial charge in [0.25, 0.3) is 0 Å². The summed E-state index contributed by atoms with van der Waals surface area (Å²) in [5, 5.41) is 0. The summed E-state index contributed by atoms with van der Waals surface area (Å²) in [4.78, 5) is 47.5. The van der Waals surface area contributed by atoms with Crippen molar-refractivity contribution in [1.29, 1.82) is 0 Å². The smallest absolute Gasteiger partial charge is 0.343 e. The molecule has 0 atom stereocenters. The third-order valence-corrected chi connectivity index (χ3v) is 7.68. The summed E-state index contributed by atoms with van der Waals surface area (Å²) < 4.78 is 32.6. The number of esters is 4. The lowest BCUT2D eigenvalue weighted by Gasteiger charge is -2.11. The average Bonchev–Trinajstić information content (AvgIpc) is 3.14. The Morgan fingerprint density at radius 3 is 1.33 bits per heavy atom. The van der Waals surface area contributed by atoms with Crippen LogP contribution < -0.4 is 18.9 Å². The number of hydrogen-bond acceptors (Lipinski definition) is 10. The third-order valence-electron chi connectivity index (χ3n) is 7.68. The first-order valence-corrected chi connectivity index (χ1v) is 17.4. The second kappa shape index (κ2) is 23.1.